The molecule has 3 rings (SSSR count). The van der Waals surface area contributed by atoms with E-state index >= 15 is 0 Å². The zero-order valence-corrected chi connectivity index (χ0v) is 12.5. The van der Waals surface area contributed by atoms with Crippen molar-refractivity contribution in [2.24, 2.45) is 4.99 Å². The predicted octanol–water partition coefficient (Wildman–Crippen LogP) is 1.31. The average Bonchev–Trinajstić information content (AvgIpc) is 3.07. The molecular formula is C15H14N4O2S. The Kier molecular flexibility index (Phi) is 4.15. The highest BCUT2D eigenvalue weighted by atomic mass is 32.1. The third-order valence-electron chi connectivity index (χ3n) is 3.07. The Labute approximate surface area is 131 Å². The van der Waals surface area contributed by atoms with E-state index in [4.69, 9.17) is 0 Å². The fourth-order valence-corrected chi connectivity index (χ4v) is 2.64. The average molecular weight is 314 g/mol. The molecule has 0 aliphatic carbocycles. The molecule has 0 saturated carbocycles. The van der Waals surface area contributed by atoms with Crippen molar-refractivity contribution in [3.63, 3.8) is 0 Å². The summed E-state index contributed by atoms with van der Waals surface area (Å²) in [5.74, 6) is -0.400. The largest absolute Gasteiger partial charge is 0.344 e. The minimum Gasteiger partial charge on any atom is -0.344 e. The number of rotatable bonds is 4. The van der Waals surface area contributed by atoms with E-state index in [0.29, 0.717) is 12.2 Å². The van der Waals surface area contributed by atoms with Gasteiger partial charge in [-0.2, -0.15) is 0 Å². The molecule has 2 heterocycles. The fraction of sp³-hybridized carbons (Fsp3) is 0.133. The molecule has 2 N–H and O–H groups in total. The summed E-state index contributed by atoms with van der Waals surface area (Å²) in [4.78, 5) is 29.1. The van der Waals surface area contributed by atoms with Gasteiger partial charge in [0.05, 0.1) is 12.2 Å². The Hall–Kier alpha value is -2.67. The lowest BCUT2D eigenvalue weighted by molar-refractivity contribution is -0.118. The van der Waals surface area contributed by atoms with Gasteiger partial charge in [0.25, 0.3) is 11.8 Å². The van der Waals surface area contributed by atoms with Crippen LogP contribution >= 0.6 is 11.3 Å². The quantitative estimate of drug-likeness (QED) is 0.894. The van der Waals surface area contributed by atoms with Gasteiger partial charge in [-0.25, -0.2) is 5.01 Å². The summed E-state index contributed by atoms with van der Waals surface area (Å²) in [7, 11) is 0. The molecule has 22 heavy (non-hydrogen) atoms. The maximum absolute atomic E-state index is 12.1. The fourth-order valence-electron chi connectivity index (χ4n) is 1.99. The van der Waals surface area contributed by atoms with Gasteiger partial charge in [0.1, 0.15) is 6.54 Å². The SMILES string of the molecule is O=C(NCc1cccs1)C1=NCC(=O)N(c2ccccc2)N1. The van der Waals surface area contributed by atoms with Crippen molar-refractivity contribution in [2.75, 3.05) is 11.6 Å². The van der Waals surface area contributed by atoms with Crippen LogP contribution in [0.3, 0.4) is 0 Å². The molecule has 2 amide bonds. The molecule has 0 saturated heterocycles. The third-order valence-corrected chi connectivity index (χ3v) is 3.95. The second-order valence-corrected chi connectivity index (χ2v) is 5.64. The number of amidine groups is 1. The molecule has 6 nitrogen and oxygen atoms in total. The molecule has 0 unspecified atom stereocenters. The van der Waals surface area contributed by atoms with E-state index < -0.39 is 0 Å². The van der Waals surface area contributed by atoms with Crippen molar-refractivity contribution in [2.45, 2.75) is 6.54 Å². The molecule has 1 aliphatic rings. The van der Waals surface area contributed by atoms with Crippen LogP contribution in [0.25, 0.3) is 0 Å². The molecule has 2 aromatic rings. The Morgan fingerprint density at radius 3 is 2.82 bits per heavy atom. The van der Waals surface area contributed by atoms with Crippen LogP contribution in [0.5, 0.6) is 0 Å². The Morgan fingerprint density at radius 1 is 1.27 bits per heavy atom. The van der Waals surface area contributed by atoms with Crippen LogP contribution in [0.15, 0.2) is 52.8 Å². The van der Waals surface area contributed by atoms with Crippen molar-refractivity contribution in [1.29, 1.82) is 0 Å². The van der Waals surface area contributed by atoms with Gasteiger partial charge in [-0.05, 0) is 23.6 Å². The van der Waals surface area contributed by atoms with Gasteiger partial charge in [0.2, 0.25) is 5.84 Å². The Balaban J connectivity index is 1.67. The smallest absolute Gasteiger partial charge is 0.288 e. The maximum atomic E-state index is 12.1. The van der Waals surface area contributed by atoms with Crippen LogP contribution in [0.4, 0.5) is 5.69 Å². The highest BCUT2D eigenvalue weighted by Gasteiger charge is 2.25. The molecule has 7 heteroatoms. The molecule has 1 aromatic heterocycles. The second kappa shape index (κ2) is 6.40. The number of para-hydroxylation sites is 1. The number of hydrogen-bond donors (Lipinski definition) is 2. The summed E-state index contributed by atoms with van der Waals surface area (Å²) in [6.45, 7) is 0.389. The predicted molar refractivity (Wildman–Crippen MR) is 85.5 cm³/mol. The van der Waals surface area contributed by atoms with Crippen LogP contribution in [0.1, 0.15) is 4.88 Å². The van der Waals surface area contributed by atoms with Crippen LogP contribution in [-0.4, -0.2) is 24.2 Å². The normalized spacial score (nSPS) is 14.3. The summed E-state index contributed by atoms with van der Waals surface area (Å²) in [5.41, 5.74) is 3.45. The summed E-state index contributed by atoms with van der Waals surface area (Å²) < 4.78 is 0. The number of nitrogens with zero attached hydrogens (tertiary/aromatic N) is 2. The first-order valence-electron chi connectivity index (χ1n) is 6.74. The summed E-state index contributed by atoms with van der Waals surface area (Å²) >= 11 is 1.57. The van der Waals surface area contributed by atoms with Crippen molar-refractivity contribution < 1.29 is 9.59 Å². The van der Waals surface area contributed by atoms with Crippen LogP contribution in [0.2, 0.25) is 0 Å². The lowest BCUT2D eigenvalue weighted by atomic mass is 10.3. The van der Waals surface area contributed by atoms with Crippen molar-refractivity contribution in [3.8, 4) is 0 Å². The lowest BCUT2D eigenvalue weighted by Crippen LogP contribution is -2.55. The number of carbonyl (C=O) groups is 2. The molecule has 1 aliphatic heterocycles. The van der Waals surface area contributed by atoms with Gasteiger partial charge in [-0.1, -0.05) is 24.3 Å². The molecular weight excluding hydrogens is 300 g/mol. The van der Waals surface area contributed by atoms with Gasteiger partial charge in [-0.15, -0.1) is 11.3 Å². The van der Waals surface area contributed by atoms with E-state index in [1.807, 2.05) is 35.7 Å². The standard InChI is InChI=1S/C15H14N4O2S/c20-13-10-16-14(15(21)17-9-12-7-4-8-22-12)18-19(13)11-5-2-1-3-6-11/h1-8H,9-10H2,(H,16,18)(H,17,21). The highest BCUT2D eigenvalue weighted by Crippen LogP contribution is 2.13. The van der Waals surface area contributed by atoms with Crippen molar-refractivity contribution in [3.05, 3.63) is 52.7 Å². The number of nitrogens with one attached hydrogen (secondary N) is 2. The zero-order chi connectivity index (χ0) is 15.4. The molecule has 0 fully saturated rings. The number of aliphatic imine (C=N–C) groups is 1. The number of hydrogen-bond acceptors (Lipinski definition) is 5. The molecule has 112 valence electrons. The van der Waals surface area contributed by atoms with Crippen LogP contribution in [0, 0.1) is 0 Å². The highest BCUT2D eigenvalue weighted by molar-refractivity contribution is 7.09. The van der Waals surface area contributed by atoms with E-state index in [9.17, 15) is 9.59 Å². The lowest BCUT2D eigenvalue weighted by Gasteiger charge is -2.27. The minimum atomic E-state index is -0.332. The van der Waals surface area contributed by atoms with Crippen LogP contribution in [-0.2, 0) is 16.1 Å². The van der Waals surface area contributed by atoms with E-state index in [1.165, 1.54) is 5.01 Å². The summed E-state index contributed by atoms with van der Waals surface area (Å²) in [6.07, 6.45) is 0. The van der Waals surface area contributed by atoms with E-state index in [2.05, 4.69) is 15.7 Å². The summed E-state index contributed by atoms with van der Waals surface area (Å²) in [6, 6.07) is 13.0. The molecule has 0 atom stereocenters. The van der Waals surface area contributed by atoms with E-state index in [-0.39, 0.29) is 24.2 Å². The van der Waals surface area contributed by atoms with Crippen molar-refractivity contribution in [1.82, 2.24) is 10.7 Å². The number of thiophene rings is 1. The first kappa shape index (κ1) is 14.3. The molecule has 1 aromatic carbocycles. The number of anilines is 1. The second-order valence-electron chi connectivity index (χ2n) is 4.60. The zero-order valence-electron chi connectivity index (χ0n) is 11.7. The van der Waals surface area contributed by atoms with Gasteiger partial charge in [0.15, 0.2) is 0 Å². The number of benzene rings is 1. The Bertz CT molecular complexity index is 698. The first-order chi connectivity index (χ1) is 10.7. The van der Waals surface area contributed by atoms with Gasteiger partial charge in [0, 0.05) is 4.88 Å². The van der Waals surface area contributed by atoms with Crippen molar-refractivity contribution >= 4 is 34.7 Å². The van der Waals surface area contributed by atoms with Crippen LogP contribution < -0.4 is 15.8 Å². The first-order valence-corrected chi connectivity index (χ1v) is 7.62. The van der Waals surface area contributed by atoms with Gasteiger partial charge >= 0.3 is 0 Å². The monoisotopic (exact) mass is 314 g/mol. The van der Waals surface area contributed by atoms with E-state index in [0.717, 1.165) is 4.88 Å². The maximum Gasteiger partial charge on any atom is 0.288 e. The molecule has 0 spiro atoms. The minimum absolute atomic E-state index is 0.0519. The topological polar surface area (TPSA) is 73.8 Å². The third kappa shape index (κ3) is 3.15. The Morgan fingerprint density at radius 2 is 2.09 bits per heavy atom. The van der Waals surface area contributed by atoms with Gasteiger partial charge in [-0.3, -0.25) is 20.0 Å². The van der Waals surface area contributed by atoms with E-state index in [1.54, 1.807) is 23.5 Å². The molecule has 0 bridgehead atoms. The number of carbonyl (C=O) groups excluding carboxylic acids is 2. The molecule has 0 radical (unpaired) electrons. The summed E-state index contributed by atoms with van der Waals surface area (Å²) in [5, 5.41) is 6.07. The van der Waals surface area contributed by atoms with Gasteiger partial charge < -0.3 is 5.32 Å². The number of hydrazine groups is 1. The number of amides is 2.